The second-order valence-corrected chi connectivity index (χ2v) is 7.42. The van der Waals surface area contributed by atoms with Crippen LogP contribution in [0.15, 0.2) is 39.8 Å². The van der Waals surface area contributed by atoms with E-state index in [2.05, 4.69) is 16.8 Å². The van der Waals surface area contributed by atoms with Gasteiger partial charge in [-0.05, 0) is 37.5 Å². The van der Waals surface area contributed by atoms with Crippen LogP contribution in [0.3, 0.4) is 0 Å². The molecule has 0 amide bonds. The Bertz CT molecular complexity index is 706. The molecule has 1 aromatic carbocycles. The van der Waals surface area contributed by atoms with Crippen LogP contribution in [0.2, 0.25) is 0 Å². The fourth-order valence-corrected chi connectivity index (χ4v) is 3.36. The van der Waals surface area contributed by atoms with Gasteiger partial charge < -0.3 is 4.52 Å². The third kappa shape index (κ3) is 5.39. The highest BCUT2D eigenvalue weighted by Gasteiger charge is 2.15. The van der Waals surface area contributed by atoms with Crippen molar-refractivity contribution in [3.8, 4) is 0 Å². The van der Waals surface area contributed by atoms with Gasteiger partial charge in [0, 0.05) is 6.07 Å². The van der Waals surface area contributed by atoms with Gasteiger partial charge in [0.1, 0.15) is 5.76 Å². The number of hydrogen-bond donors (Lipinski definition) is 1. The lowest BCUT2D eigenvalue weighted by atomic mass is 10.1. The number of anilines is 1. The molecule has 0 atom stereocenters. The molecule has 5 nitrogen and oxygen atoms in total. The maximum Gasteiger partial charge on any atom is 0.263 e. The maximum atomic E-state index is 12.3. The molecule has 0 saturated carbocycles. The first-order chi connectivity index (χ1) is 11.0. The number of nitrogens with one attached hydrogen (secondary N) is 1. The zero-order chi connectivity index (χ0) is 16.7. The molecule has 0 aliphatic carbocycles. The molecule has 0 aliphatic rings. The Morgan fingerprint density at radius 2 is 1.78 bits per heavy atom. The predicted octanol–water partition coefficient (Wildman–Crippen LogP) is 4.30. The minimum atomic E-state index is -3.62. The first-order valence-electron chi connectivity index (χ1n) is 8.06. The molecule has 1 N–H and O–H groups in total. The molecule has 0 fully saturated rings. The van der Waals surface area contributed by atoms with Crippen molar-refractivity contribution in [3.05, 3.63) is 41.7 Å². The minimum Gasteiger partial charge on any atom is -0.360 e. The molecule has 1 aromatic heterocycles. The quantitative estimate of drug-likeness (QED) is 0.693. The summed E-state index contributed by atoms with van der Waals surface area (Å²) < 4.78 is 31.8. The Kier molecular flexibility index (Phi) is 6.21. The smallest absolute Gasteiger partial charge is 0.263 e. The van der Waals surface area contributed by atoms with Gasteiger partial charge in [-0.2, -0.15) is 0 Å². The highest BCUT2D eigenvalue weighted by molar-refractivity contribution is 7.92. The van der Waals surface area contributed by atoms with Crippen molar-refractivity contribution in [2.45, 2.75) is 57.3 Å². The van der Waals surface area contributed by atoms with Crippen LogP contribution >= 0.6 is 0 Å². The van der Waals surface area contributed by atoms with E-state index < -0.39 is 10.0 Å². The van der Waals surface area contributed by atoms with E-state index in [9.17, 15) is 8.42 Å². The summed E-state index contributed by atoms with van der Waals surface area (Å²) in [5, 5.41) is 3.64. The molecular formula is C17H24N2O3S. The van der Waals surface area contributed by atoms with E-state index in [0.717, 1.165) is 18.4 Å². The van der Waals surface area contributed by atoms with Crippen LogP contribution in [0.5, 0.6) is 0 Å². The van der Waals surface area contributed by atoms with Gasteiger partial charge in [0.25, 0.3) is 10.0 Å². The Morgan fingerprint density at radius 3 is 2.39 bits per heavy atom. The second kappa shape index (κ2) is 8.15. The number of aryl methyl sites for hydroxylation is 2. The van der Waals surface area contributed by atoms with Crippen molar-refractivity contribution in [2.24, 2.45) is 0 Å². The molecule has 0 unspecified atom stereocenters. The van der Waals surface area contributed by atoms with Gasteiger partial charge in [-0.25, -0.2) is 8.42 Å². The number of nitrogens with zero attached hydrogens (tertiary/aromatic N) is 1. The molecule has 2 rings (SSSR count). The number of sulfonamides is 1. The van der Waals surface area contributed by atoms with E-state index in [4.69, 9.17) is 4.52 Å². The van der Waals surface area contributed by atoms with Crippen molar-refractivity contribution in [3.63, 3.8) is 0 Å². The topological polar surface area (TPSA) is 72.2 Å². The molecule has 0 spiro atoms. The lowest BCUT2D eigenvalue weighted by Gasteiger charge is -2.06. The number of hydrogen-bond acceptors (Lipinski definition) is 4. The molecule has 0 radical (unpaired) electrons. The van der Waals surface area contributed by atoms with Crippen molar-refractivity contribution in [1.29, 1.82) is 0 Å². The predicted molar refractivity (Wildman–Crippen MR) is 91.0 cm³/mol. The van der Waals surface area contributed by atoms with E-state index in [0.29, 0.717) is 5.76 Å². The van der Waals surface area contributed by atoms with E-state index in [1.165, 1.54) is 25.7 Å². The SMILES string of the molecule is CCCCCCCc1ccc(S(=O)(=O)Nc2cc(C)on2)cc1. The minimum absolute atomic E-state index is 0.197. The van der Waals surface area contributed by atoms with Gasteiger partial charge in [-0.1, -0.05) is 49.9 Å². The van der Waals surface area contributed by atoms with E-state index in [1.807, 2.05) is 12.1 Å². The summed E-state index contributed by atoms with van der Waals surface area (Å²) in [6.07, 6.45) is 7.14. The van der Waals surface area contributed by atoms with Crippen LogP contribution in [0.4, 0.5) is 5.82 Å². The molecule has 0 aliphatic heterocycles. The third-order valence-corrected chi connectivity index (χ3v) is 5.04. The van der Waals surface area contributed by atoms with Gasteiger partial charge in [0.15, 0.2) is 5.82 Å². The first-order valence-corrected chi connectivity index (χ1v) is 9.54. The van der Waals surface area contributed by atoms with Gasteiger partial charge >= 0.3 is 0 Å². The number of rotatable bonds is 9. The van der Waals surface area contributed by atoms with E-state index >= 15 is 0 Å². The van der Waals surface area contributed by atoms with Crippen LogP contribution in [0, 0.1) is 6.92 Å². The number of benzene rings is 1. The summed E-state index contributed by atoms with van der Waals surface area (Å²) in [6, 6.07) is 8.57. The van der Waals surface area contributed by atoms with Gasteiger partial charge in [0.05, 0.1) is 4.90 Å². The largest absolute Gasteiger partial charge is 0.360 e. The lowest BCUT2D eigenvalue weighted by Crippen LogP contribution is -2.13. The third-order valence-electron chi connectivity index (χ3n) is 3.67. The van der Waals surface area contributed by atoms with Crippen molar-refractivity contribution in [1.82, 2.24) is 5.16 Å². The summed E-state index contributed by atoms with van der Waals surface area (Å²) in [6.45, 7) is 3.91. The molecule has 1 heterocycles. The van der Waals surface area contributed by atoms with Gasteiger partial charge in [-0.15, -0.1) is 0 Å². The van der Waals surface area contributed by atoms with Gasteiger partial charge in [-0.3, -0.25) is 4.72 Å². The average Bonchev–Trinajstić information content (AvgIpc) is 2.92. The molecule has 126 valence electrons. The molecular weight excluding hydrogens is 312 g/mol. The first kappa shape index (κ1) is 17.5. The molecule has 0 bridgehead atoms. The summed E-state index contributed by atoms with van der Waals surface area (Å²) in [5.41, 5.74) is 1.16. The standard InChI is InChI=1S/C17H24N2O3S/c1-3-4-5-6-7-8-15-9-11-16(12-10-15)23(20,21)19-17-13-14(2)22-18-17/h9-13H,3-8H2,1-2H3,(H,18,19). The van der Waals surface area contributed by atoms with Gasteiger partial charge in [0.2, 0.25) is 0 Å². The number of aromatic nitrogens is 1. The van der Waals surface area contributed by atoms with Crippen LogP contribution in [-0.4, -0.2) is 13.6 Å². The normalized spacial score (nSPS) is 11.6. The zero-order valence-electron chi connectivity index (χ0n) is 13.7. The summed E-state index contributed by atoms with van der Waals surface area (Å²) in [5.74, 6) is 0.753. The molecule has 6 heteroatoms. The second-order valence-electron chi connectivity index (χ2n) is 5.74. The Morgan fingerprint density at radius 1 is 1.09 bits per heavy atom. The summed E-state index contributed by atoms with van der Waals surface area (Å²) in [7, 11) is -3.62. The highest BCUT2D eigenvalue weighted by atomic mass is 32.2. The van der Waals surface area contributed by atoms with Crippen LogP contribution < -0.4 is 4.72 Å². The summed E-state index contributed by atoms with van der Waals surface area (Å²) >= 11 is 0. The Balaban J connectivity index is 1.92. The molecule has 2 aromatic rings. The molecule has 0 saturated heterocycles. The average molecular weight is 336 g/mol. The van der Waals surface area contributed by atoms with Crippen LogP contribution in [0.1, 0.15) is 50.4 Å². The fraction of sp³-hybridized carbons (Fsp3) is 0.471. The Labute approximate surface area is 138 Å². The molecule has 23 heavy (non-hydrogen) atoms. The van der Waals surface area contributed by atoms with Crippen molar-refractivity contribution in [2.75, 3.05) is 4.72 Å². The maximum absolute atomic E-state index is 12.3. The van der Waals surface area contributed by atoms with Crippen LogP contribution in [-0.2, 0) is 16.4 Å². The summed E-state index contributed by atoms with van der Waals surface area (Å²) in [4.78, 5) is 0.230. The van der Waals surface area contributed by atoms with Crippen molar-refractivity contribution < 1.29 is 12.9 Å². The lowest BCUT2D eigenvalue weighted by molar-refractivity contribution is 0.400. The fourth-order valence-electron chi connectivity index (χ4n) is 2.38. The van der Waals surface area contributed by atoms with E-state index in [1.54, 1.807) is 25.1 Å². The monoisotopic (exact) mass is 336 g/mol. The van der Waals surface area contributed by atoms with Crippen LogP contribution in [0.25, 0.3) is 0 Å². The number of unbranched alkanes of at least 4 members (excludes halogenated alkanes) is 4. The Hall–Kier alpha value is -1.82. The highest BCUT2D eigenvalue weighted by Crippen LogP contribution is 2.17. The van der Waals surface area contributed by atoms with Crippen molar-refractivity contribution >= 4 is 15.8 Å². The van der Waals surface area contributed by atoms with E-state index in [-0.39, 0.29) is 10.7 Å². The zero-order valence-corrected chi connectivity index (χ0v) is 14.5.